The Kier molecular flexibility index (Phi) is 4.78. The second kappa shape index (κ2) is 6.10. The number of anilines is 1. The molecule has 17 heavy (non-hydrogen) atoms. The summed E-state index contributed by atoms with van der Waals surface area (Å²) in [6.07, 6.45) is 0. The van der Waals surface area contributed by atoms with Crippen LogP contribution in [0.3, 0.4) is 0 Å². The number of nitrogens with one attached hydrogen (secondary N) is 2. The molecule has 0 aliphatic carbocycles. The van der Waals surface area contributed by atoms with E-state index in [1.807, 2.05) is 0 Å². The molecule has 0 atom stereocenters. The van der Waals surface area contributed by atoms with Crippen LogP contribution in [0.1, 0.15) is 6.92 Å². The zero-order valence-electron chi connectivity index (χ0n) is 9.66. The zero-order valence-corrected chi connectivity index (χ0v) is 10.4. The summed E-state index contributed by atoms with van der Waals surface area (Å²) in [5.74, 6) is -0.467. The number of hydrogen-bond donors (Lipinski definition) is 2. The standard InChI is InChI=1S/C11H14ClN3O2/c1-8(16)15(2)7-11(17)14-13-10-5-3-4-9(12)6-10/h3-6,13H,7H2,1-2H3,(H,14,17). The molecule has 0 heterocycles. The lowest BCUT2D eigenvalue weighted by Crippen LogP contribution is -2.39. The van der Waals surface area contributed by atoms with E-state index in [0.29, 0.717) is 10.7 Å². The van der Waals surface area contributed by atoms with Gasteiger partial charge in [0, 0.05) is 19.0 Å². The predicted octanol–water partition coefficient (Wildman–Crippen LogP) is 1.26. The van der Waals surface area contributed by atoms with Gasteiger partial charge in [-0.05, 0) is 18.2 Å². The van der Waals surface area contributed by atoms with E-state index in [-0.39, 0.29) is 18.4 Å². The van der Waals surface area contributed by atoms with Gasteiger partial charge in [0.25, 0.3) is 5.91 Å². The molecule has 2 amide bonds. The fraction of sp³-hybridized carbons (Fsp3) is 0.273. The highest BCUT2D eigenvalue weighted by Gasteiger charge is 2.07. The van der Waals surface area contributed by atoms with Gasteiger partial charge in [-0.2, -0.15) is 0 Å². The second-order valence-corrected chi connectivity index (χ2v) is 4.00. The maximum Gasteiger partial charge on any atom is 0.257 e. The van der Waals surface area contributed by atoms with Crippen LogP contribution in [0.2, 0.25) is 5.02 Å². The molecule has 0 saturated carbocycles. The fourth-order valence-corrected chi connectivity index (χ4v) is 1.26. The van der Waals surface area contributed by atoms with E-state index < -0.39 is 0 Å². The number of likely N-dealkylation sites (N-methyl/N-ethyl adjacent to an activating group) is 1. The van der Waals surface area contributed by atoms with Crippen molar-refractivity contribution in [2.24, 2.45) is 0 Å². The van der Waals surface area contributed by atoms with Crippen molar-refractivity contribution in [3.63, 3.8) is 0 Å². The summed E-state index contributed by atoms with van der Waals surface area (Å²) in [4.78, 5) is 23.6. The Bertz CT molecular complexity index is 423. The number of rotatable bonds is 4. The quantitative estimate of drug-likeness (QED) is 0.797. The molecule has 0 aliphatic rings. The molecule has 0 aliphatic heterocycles. The van der Waals surface area contributed by atoms with Crippen LogP contribution < -0.4 is 10.9 Å². The van der Waals surface area contributed by atoms with Gasteiger partial charge < -0.3 is 4.90 Å². The normalized spacial score (nSPS) is 9.59. The van der Waals surface area contributed by atoms with E-state index in [4.69, 9.17) is 11.6 Å². The molecule has 0 spiro atoms. The molecule has 0 unspecified atom stereocenters. The summed E-state index contributed by atoms with van der Waals surface area (Å²) in [5, 5.41) is 0.574. The number of hydrogen-bond acceptors (Lipinski definition) is 3. The van der Waals surface area contributed by atoms with Crippen molar-refractivity contribution < 1.29 is 9.59 Å². The minimum Gasteiger partial charge on any atom is -0.337 e. The zero-order chi connectivity index (χ0) is 12.8. The molecule has 1 aromatic carbocycles. The highest BCUT2D eigenvalue weighted by Crippen LogP contribution is 2.13. The number of hydrazine groups is 1. The van der Waals surface area contributed by atoms with E-state index >= 15 is 0 Å². The van der Waals surface area contributed by atoms with Crippen molar-refractivity contribution in [1.82, 2.24) is 10.3 Å². The van der Waals surface area contributed by atoms with Gasteiger partial charge in [0.2, 0.25) is 5.91 Å². The van der Waals surface area contributed by atoms with Crippen molar-refractivity contribution in [2.75, 3.05) is 19.0 Å². The molecule has 0 saturated heterocycles. The van der Waals surface area contributed by atoms with Crippen LogP contribution in [0.4, 0.5) is 5.69 Å². The van der Waals surface area contributed by atoms with Gasteiger partial charge in [-0.3, -0.25) is 20.4 Å². The molecule has 2 N–H and O–H groups in total. The van der Waals surface area contributed by atoms with Gasteiger partial charge in [-0.25, -0.2) is 0 Å². The van der Waals surface area contributed by atoms with Crippen molar-refractivity contribution in [3.05, 3.63) is 29.3 Å². The molecule has 0 bridgehead atoms. The lowest BCUT2D eigenvalue weighted by Gasteiger charge is -2.15. The highest BCUT2D eigenvalue weighted by molar-refractivity contribution is 6.30. The lowest BCUT2D eigenvalue weighted by atomic mass is 10.3. The van der Waals surface area contributed by atoms with Gasteiger partial charge >= 0.3 is 0 Å². The molecule has 1 aromatic rings. The van der Waals surface area contributed by atoms with Gasteiger partial charge in [-0.15, -0.1) is 0 Å². The fourth-order valence-electron chi connectivity index (χ4n) is 1.07. The van der Waals surface area contributed by atoms with Crippen molar-refractivity contribution in [1.29, 1.82) is 0 Å². The average molecular weight is 256 g/mol. The number of amides is 2. The Labute approximate surface area is 105 Å². The van der Waals surface area contributed by atoms with E-state index in [2.05, 4.69) is 10.9 Å². The van der Waals surface area contributed by atoms with Crippen LogP contribution in [-0.2, 0) is 9.59 Å². The Balaban J connectivity index is 2.41. The van der Waals surface area contributed by atoms with Crippen LogP contribution in [0, 0.1) is 0 Å². The largest absolute Gasteiger partial charge is 0.337 e. The van der Waals surface area contributed by atoms with Crippen LogP contribution in [0.25, 0.3) is 0 Å². The van der Waals surface area contributed by atoms with E-state index in [1.165, 1.54) is 11.8 Å². The third-order valence-corrected chi connectivity index (χ3v) is 2.32. The third-order valence-electron chi connectivity index (χ3n) is 2.09. The third kappa shape index (κ3) is 4.74. The predicted molar refractivity (Wildman–Crippen MR) is 66.5 cm³/mol. The summed E-state index contributed by atoms with van der Waals surface area (Å²) >= 11 is 5.78. The molecular weight excluding hydrogens is 242 g/mol. The van der Waals surface area contributed by atoms with E-state index in [9.17, 15) is 9.59 Å². The number of carbonyl (C=O) groups is 2. The molecule has 1 rings (SSSR count). The van der Waals surface area contributed by atoms with Crippen LogP contribution >= 0.6 is 11.6 Å². The van der Waals surface area contributed by atoms with Gasteiger partial charge in [0.15, 0.2) is 0 Å². The van der Waals surface area contributed by atoms with Crippen LogP contribution in [0.5, 0.6) is 0 Å². The number of benzene rings is 1. The first-order valence-corrected chi connectivity index (χ1v) is 5.39. The highest BCUT2D eigenvalue weighted by atomic mass is 35.5. The number of nitrogens with zero attached hydrogens (tertiary/aromatic N) is 1. The van der Waals surface area contributed by atoms with Crippen molar-refractivity contribution >= 4 is 29.1 Å². The van der Waals surface area contributed by atoms with Gasteiger partial charge in [0.1, 0.15) is 6.54 Å². The monoisotopic (exact) mass is 255 g/mol. The van der Waals surface area contributed by atoms with Crippen LogP contribution in [-0.4, -0.2) is 30.3 Å². The first kappa shape index (κ1) is 13.3. The van der Waals surface area contributed by atoms with Crippen molar-refractivity contribution in [2.45, 2.75) is 6.92 Å². The summed E-state index contributed by atoms with van der Waals surface area (Å²) in [6.45, 7) is 1.40. The smallest absolute Gasteiger partial charge is 0.257 e. The lowest BCUT2D eigenvalue weighted by molar-refractivity contribution is -0.132. The Morgan fingerprint density at radius 2 is 2.12 bits per heavy atom. The second-order valence-electron chi connectivity index (χ2n) is 3.56. The maximum atomic E-state index is 11.4. The summed E-state index contributed by atoms with van der Waals surface area (Å²) in [5.41, 5.74) is 5.86. The molecule has 0 fully saturated rings. The molecule has 0 radical (unpaired) electrons. The Hall–Kier alpha value is -1.75. The summed E-state index contributed by atoms with van der Waals surface area (Å²) in [7, 11) is 1.56. The molecule has 6 heteroatoms. The molecular formula is C11H14ClN3O2. The summed E-state index contributed by atoms with van der Waals surface area (Å²) < 4.78 is 0. The van der Waals surface area contributed by atoms with E-state index in [1.54, 1.807) is 31.3 Å². The number of carbonyl (C=O) groups excluding carboxylic acids is 2. The van der Waals surface area contributed by atoms with Gasteiger partial charge in [-0.1, -0.05) is 17.7 Å². The van der Waals surface area contributed by atoms with Crippen LogP contribution in [0.15, 0.2) is 24.3 Å². The SMILES string of the molecule is CC(=O)N(C)CC(=O)NNc1cccc(Cl)c1. The van der Waals surface area contributed by atoms with Gasteiger partial charge in [0.05, 0.1) is 5.69 Å². The molecule has 0 aromatic heterocycles. The van der Waals surface area contributed by atoms with E-state index in [0.717, 1.165) is 0 Å². The minimum absolute atomic E-state index is 0.00288. The molecule has 92 valence electrons. The Morgan fingerprint density at radius 3 is 2.71 bits per heavy atom. The first-order chi connectivity index (χ1) is 7.99. The summed E-state index contributed by atoms with van der Waals surface area (Å²) in [6, 6.07) is 6.94. The maximum absolute atomic E-state index is 11.4. The first-order valence-electron chi connectivity index (χ1n) is 5.01. The number of halogens is 1. The van der Waals surface area contributed by atoms with Crippen molar-refractivity contribution in [3.8, 4) is 0 Å². The molecule has 5 nitrogen and oxygen atoms in total. The topological polar surface area (TPSA) is 61.4 Å². The Morgan fingerprint density at radius 1 is 1.41 bits per heavy atom. The average Bonchev–Trinajstić information content (AvgIpc) is 2.26. The minimum atomic E-state index is -0.303.